The normalized spacial score (nSPS) is 17.1. The van der Waals surface area contributed by atoms with Crippen molar-refractivity contribution in [3.63, 3.8) is 0 Å². The molecule has 1 fully saturated rings. The van der Waals surface area contributed by atoms with E-state index in [1.54, 1.807) is 12.1 Å². The summed E-state index contributed by atoms with van der Waals surface area (Å²) in [5.74, 6) is 0. The molecule has 7 nitrogen and oxygen atoms in total. The molecule has 0 aromatic heterocycles. The van der Waals surface area contributed by atoms with E-state index in [1.807, 2.05) is 18.2 Å². The van der Waals surface area contributed by atoms with Gasteiger partial charge >= 0.3 is 6.09 Å². The Morgan fingerprint density at radius 2 is 2.15 bits per heavy atom. The molecule has 1 N–H and O–H groups in total. The molecule has 1 aliphatic heterocycles. The number of ether oxygens (including phenoxy) is 1. The van der Waals surface area contributed by atoms with Crippen LogP contribution in [0.25, 0.3) is 0 Å². The SMILES string of the molecule is Cl.O=C(OCc1ccccc1)N([C@H]1CCNC1)[N+](=O)[O-]. The molecule has 0 bridgehead atoms. The number of carbonyl (C=O) groups is 1. The van der Waals surface area contributed by atoms with Gasteiger partial charge < -0.3 is 10.1 Å². The first kappa shape index (κ1) is 16.2. The van der Waals surface area contributed by atoms with Crippen molar-refractivity contribution in [2.24, 2.45) is 0 Å². The number of hydrogen-bond donors (Lipinski definition) is 1. The van der Waals surface area contributed by atoms with Crippen molar-refractivity contribution in [3.8, 4) is 0 Å². The average molecular weight is 302 g/mol. The Kier molecular flexibility index (Phi) is 6.20. The van der Waals surface area contributed by atoms with Gasteiger partial charge in [0.15, 0.2) is 5.03 Å². The molecule has 0 aliphatic carbocycles. The molecule has 1 aromatic rings. The quantitative estimate of drug-likeness (QED) is 0.674. The number of hydrogen-bond acceptors (Lipinski definition) is 5. The van der Waals surface area contributed by atoms with Crippen LogP contribution in [0.2, 0.25) is 0 Å². The summed E-state index contributed by atoms with van der Waals surface area (Å²) in [4.78, 5) is 22.7. The first-order valence-electron chi connectivity index (χ1n) is 6.03. The number of nitrogens with zero attached hydrogens (tertiary/aromatic N) is 2. The largest absolute Gasteiger partial charge is 0.468 e. The predicted molar refractivity (Wildman–Crippen MR) is 74.0 cm³/mol. The molecular weight excluding hydrogens is 286 g/mol. The van der Waals surface area contributed by atoms with E-state index in [4.69, 9.17) is 4.74 Å². The van der Waals surface area contributed by atoms with Crippen LogP contribution in [0.15, 0.2) is 30.3 Å². The summed E-state index contributed by atoms with van der Waals surface area (Å²) in [7, 11) is 0. The summed E-state index contributed by atoms with van der Waals surface area (Å²) in [6, 6.07) is 8.61. The van der Waals surface area contributed by atoms with Gasteiger partial charge in [-0.1, -0.05) is 30.3 Å². The number of hydrazine groups is 1. The smallest absolute Gasteiger partial charge is 0.441 e. The first-order chi connectivity index (χ1) is 9.18. The maximum atomic E-state index is 11.8. The van der Waals surface area contributed by atoms with Crippen LogP contribution in [0.3, 0.4) is 0 Å². The molecular formula is C12H16ClN3O4. The van der Waals surface area contributed by atoms with E-state index in [0.29, 0.717) is 24.5 Å². The third-order valence-corrected chi connectivity index (χ3v) is 2.95. The fourth-order valence-electron chi connectivity index (χ4n) is 1.98. The number of halogens is 1. The minimum atomic E-state index is -0.914. The van der Waals surface area contributed by atoms with Crippen LogP contribution >= 0.6 is 12.4 Å². The molecule has 0 radical (unpaired) electrons. The summed E-state index contributed by atoms with van der Waals surface area (Å²) in [5.41, 5.74) is 0.795. The highest BCUT2D eigenvalue weighted by atomic mass is 35.5. The van der Waals surface area contributed by atoms with E-state index in [0.717, 1.165) is 5.56 Å². The van der Waals surface area contributed by atoms with Gasteiger partial charge in [-0.25, -0.2) is 14.9 Å². The zero-order valence-electron chi connectivity index (χ0n) is 10.7. The molecule has 0 saturated carbocycles. The van der Waals surface area contributed by atoms with Gasteiger partial charge in [0.25, 0.3) is 0 Å². The fraction of sp³-hybridized carbons (Fsp3) is 0.417. The minimum absolute atomic E-state index is 0. The van der Waals surface area contributed by atoms with Gasteiger partial charge in [-0.15, -0.1) is 12.4 Å². The molecule has 2 rings (SSSR count). The van der Waals surface area contributed by atoms with Crippen LogP contribution in [0.1, 0.15) is 12.0 Å². The molecule has 1 saturated heterocycles. The number of nitrogens with one attached hydrogen (secondary N) is 1. The van der Waals surface area contributed by atoms with Crippen molar-refractivity contribution < 1.29 is 14.6 Å². The third-order valence-electron chi connectivity index (χ3n) is 2.95. The first-order valence-corrected chi connectivity index (χ1v) is 6.03. The second kappa shape index (κ2) is 7.66. The summed E-state index contributed by atoms with van der Waals surface area (Å²) in [6.07, 6.45) is -0.357. The number of rotatable bonds is 4. The highest BCUT2D eigenvalue weighted by Crippen LogP contribution is 2.11. The van der Waals surface area contributed by atoms with Crippen molar-refractivity contribution in [1.29, 1.82) is 0 Å². The lowest BCUT2D eigenvalue weighted by molar-refractivity contribution is -0.643. The van der Waals surface area contributed by atoms with E-state index in [9.17, 15) is 14.9 Å². The Morgan fingerprint density at radius 1 is 1.45 bits per heavy atom. The number of amides is 1. The van der Waals surface area contributed by atoms with E-state index in [2.05, 4.69) is 5.32 Å². The lowest BCUT2D eigenvalue weighted by Gasteiger charge is -2.17. The molecule has 1 atom stereocenters. The summed E-state index contributed by atoms with van der Waals surface area (Å²) < 4.78 is 4.98. The van der Waals surface area contributed by atoms with Crippen molar-refractivity contribution >= 4 is 18.5 Å². The van der Waals surface area contributed by atoms with Crippen LogP contribution in [0, 0.1) is 10.1 Å². The molecule has 8 heteroatoms. The van der Waals surface area contributed by atoms with E-state index < -0.39 is 17.2 Å². The monoisotopic (exact) mass is 301 g/mol. The summed E-state index contributed by atoms with van der Waals surface area (Å²) in [5, 5.41) is 13.8. The highest BCUT2D eigenvalue weighted by Gasteiger charge is 2.37. The van der Waals surface area contributed by atoms with Gasteiger partial charge in [0.05, 0.1) is 0 Å². The molecule has 1 aliphatic rings. The molecule has 1 aromatic carbocycles. The van der Waals surface area contributed by atoms with Crippen molar-refractivity contribution in [2.45, 2.75) is 19.1 Å². The lowest BCUT2D eigenvalue weighted by atomic mass is 10.2. The standard InChI is InChI=1S/C12H15N3O4.ClH/c16-12(19-9-10-4-2-1-3-5-10)14(15(17)18)11-6-7-13-8-11;/h1-5,11,13H,6-9H2;1H/t11-;/m0./s1. The zero-order chi connectivity index (χ0) is 13.7. The summed E-state index contributed by atoms with van der Waals surface area (Å²) in [6.45, 7) is 1.12. The molecule has 0 spiro atoms. The van der Waals surface area contributed by atoms with Gasteiger partial charge in [-0.05, 0) is 23.5 Å². The fourth-order valence-corrected chi connectivity index (χ4v) is 1.98. The van der Waals surface area contributed by atoms with Gasteiger partial charge in [-0.2, -0.15) is 0 Å². The average Bonchev–Trinajstić information content (AvgIpc) is 2.91. The van der Waals surface area contributed by atoms with Gasteiger partial charge in [0, 0.05) is 6.54 Å². The molecule has 0 unspecified atom stereocenters. The maximum absolute atomic E-state index is 11.8. The van der Waals surface area contributed by atoms with E-state index in [1.165, 1.54) is 0 Å². The minimum Gasteiger partial charge on any atom is -0.441 e. The Balaban J connectivity index is 0.00000200. The molecule has 110 valence electrons. The Bertz CT molecular complexity index is 451. The van der Waals surface area contributed by atoms with Crippen molar-refractivity contribution in [2.75, 3.05) is 13.1 Å². The zero-order valence-corrected chi connectivity index (χ0v) is 11.5. The van der Waals surface area contributed by atoms with E-state index >= 15 is 0 Å². The lowest BCUT2D eigenvalue weighted by Crippen LogP contribution is -2.45. The highest BCUT2D eigenvalue weighted by molar-refractivity contribution is 5.85. The second-order valence-electron chi connectivity index (χ2n) is 4.27. The van der Waals surface area contributed by atoms with Gasteiger partial charge in [0.1, 0.15) is 12.6 Å². The van der Waals surface area contributed by atoms with Crippen molar-refractivity contribution in [1.82, 2.24) is 10.3 Å². The molecule has 1 amide bonds. The number of nitro groups is 1. The molecule has 1 heterocycles. The van der Waals surface area contributed by atoms with E-state index in [-0.39, 0.29) is 19.0 Å². The molecule has 20 heavy (non-hydrogen) atoms. The van der Waals surface area contributed by atoms with Gasteiger partial charge in [0.2, 0.25) is 0 Å². The van der Waals surface area contributed by atoms with Crippen LogP contribution in [-0.4, -0.2) is 35.3 Å². The van der Waals surface area contributed by atoms with Crippen molar-refractivity contribution in [3.05, 3.63) is 46.0 Å². The van der Waals surface area contributed by atoms with Crippen LogP contribution in [0.4, 0.5) is 4.79 Å². The van der Waals surface area contributed by atoms with Crippen LogP contribution in [0.5, 0.6) is 0 Å². The third kappa shape index (κ3) is 4.07. The second-order valence-corrected chi connectivity index (χ2v) is 4.27. The van der Waals surface area contributed by atoms with Crippen LogP contribution in [-0.2, 0) is 11.3 Å². The Morgan fingerprint density at radius 3 is 2.70 bits per heavy atom. The number of carbonyl (C=O) groups excluding carboxylic acids is 1. The number of benzene rings is 1. The topological polar surface area (TPSA) is 84.7 Å². The Labute approximate surface area is 122 Å². The predicted octanol–water partition coefficient (Wildman–Crippen LogP) is 1.60. The Hall–Kier alpha value is -1.86. The van der Waals surface area contributed by atoms with Crippen LogP contribution < -0.4 is 5.32 Å². The van der Waals surface area contributed by atoms with Gasteiger partial charge in [-0.3, -0.25) is 0 Å². The maximum Gasteiger partial charge on any atom is 0.468 e. The summed E-state index contributed by atoms with van der Waals surface area (Å²) >= 11 is 0.